The molecule has 0 radical (unpaired) electrons. The summed E-state index contributed by atoms with van der Waals surface area (Å²) in [6.07, 6.45) is 1.14. The van der Waals surface area contributed by atoms with Gasteiger partial charge in [0.1, 0.15) is 0 Å². The van der Waals surface area contributed by atoms with Gasteiger partial charge in [0.25, 0.3) is 0 Å². The third-order valence-electron chi connectivity index (χ3n) is 2.65. The van der Waals surface area contributed by atoms with E-state index in [1.165, 1.54) is 0 Å². The number of hydrogen-bond acceptors (Lipinski definition) is 2. The molecule has 0 aliphatic carbocycles. The van der Waals surface area contributed by atoms with Gasteiger partial charge < -0.3 is 5.32 Å². The van der Waals surface area contributed by atoms with Crippen LogP contribution in [0.1, 0.15) is 10.4 Å². The fraction of sp³-hybridized carbons (Fsp3) is 0.214. The van der Waals surface area contributed by atoms with Crippen molar-refractivity contribution in [3.63, 3.8) is 0 Å². The van der Waals surface area contributed by atoms with Gasteiger partial charge in [-0.3, -0.25) is 4.79 Å². The topological polar surface area (TPSA) is 29.1 Å². The third kappa shape index (κ3) is 4.53. The first-order chi connectivity index (χ1) is 9.15. The summed E-state index contributed by atoms with van der Waals surface area (Å²) in [6.45, 7) is 0.575. The molecule has 1 aromatic heterocycles. The summed E-state index contributed by atoms with van der Waals surface area (Å²) < 4.78 is 0. The van der Waals surface area contributed by atoms with Crippen molar-refractivity contribution in [1.82, 2.24) is 5.32 Å². The minimum absolute atomic E-state index is 0.0348. The van der Waals surface area contributed by atoms with Crippen LogP contribution in [-0.2, 0) is 17.6 Å². The highest BCUT2D eigenvalue weighted by atomic mass is 35.5. The van der Waals surface area contributed by atoms with Gasteiger partial charge >= 0.3 is 0 Å². The largest absolute Gasteiger partial charge is 0.355 e. The lowest BCUT2D eigenvalue weighted by molar-refractivity contribution is -0.120. The van der Waals surface area contributed by atoms with Gasteiger partial charge in [-0.15, -0.1) is 11.3 Å². The van der Waals surface area contributed by atoms with E-state index >= 15 is 0 Å². The normalized spacial score (nSPS) is 10.4. The number of amides is 1. The van der Waals surface area contributed by atoms with Gasteiger partial charge in [0, 0.05) is 21.5 Å². The summed E-state index contributed by atoms with van der Waals surface area (Å²) in [5.41, 5.74) is 0.988. The van der Waals surface area contributed by atoms with E-state index in [0.29, 0.717) is 29.4 Å². The molecule has 0 aliphatic rings. The molecule has 2 nitrogen and oxygen atoms in total. The molecule has 100 valence electrons. The van der Waals surface area contributed by atoms with Crippen LogP contribution in [0.25, 0.3) is 0 Å². The van der Waals surface area contributed by atoms with Crippen LogP contribution in [0.4, 0.5) is 0 Å². The van der Waals surface area contributed by atoms with Gasteiger partial charge in [0.2, 0.25) is 5.91 Å². The van der Waals surface area contributed by atoms with Crippen LogP contribution in [-0.4, -0.2) is 12.5 Å². The SMILES string of the molecule is O=C(Cc1cccs1)NCCc1ccc(Cl)cc1Cl. The summed E-state index contributed by atoms with van der Waals surface area (Å²) in [4.78, 5) is 12.8. The Labute approximate surface area is 126 Å². The molecule has 1 N–H and O–H groups in total. The van der Waals surface area contributed by atoms with Gasteiger partial charge in [-0.05, 0) is 35.6 Å². The van der Waals surface area contributed by atoms with Crippen molar-refractivity contribution in [2.24, 2.45) is 0 Å². The number of carbonyl (C=O) groups is 1. The second-order valence-electron chi connectivity index (χ2n) is 4.09. The molecule has 0 aliphatic heterocycles. The summed E-state index contributed by atoms with van der Waals surface area (Å²) >= 11 is 13.5. The van der Waals surface area contributed by atoms with E-state index in [-0.39, 0.29) is 5.91 Å². The second kappa shape index (κ2) is 6.94. The van der Waals surface area contributed by atoms with Crippen LogP contribution in [0, 0.1) is 0 Å². The van der Waals surface area contributed by atoms with E-state index in [1.807, 2.05) is 23.6 Å². The van der Waals surface area contributed by atoms with Crippen molar-refractivity contribution in [2.45, 2.75) is 12.8 Å². The minimum atomic E-state index is 0.0348. The van der Waals surface area contributed by atoms with Gasteiger partial charge in [-0.2, -0.15) is 0 Å². The quantitative estimate of drug-likeness (QED) is 0.889. The standard InChI is InChI=1S/C14H13Cl2NOS/c15-11-4-3-10(13(16)8-11)5-6-17-14(18)9-12-2-1-7-19-12/h1-4,7-8H,5-6,9H2,(H,17,18). The molecule has 0 saturated carbocycles. The van der Waals surface area contributed by atoms with E-state index in [9.17, 15) is 4.79 Å². The fourth-order valence-corrected chi connectivity index (χ4v) is 2.90. The predicted molar refractivity (Wildman–Crippen MR) is 81.2 cm³/mol. The van der Waals surface area contributed by atoms with Crippen molar-refractivity contribution < 1.29 is 4.79 Å². The maximum absolute atomic E-state index is 11.7. The Morgan fingerprint density at radius 3 is 2.79 bits per heavy atom. The molecule has 0 bridgehead atoms. The van der Waals surface area contributed by atoms with Gasteiger partial charge in [0.05, 0.1) is 6.42 Å². The van der Waals surface area contributed by atoms with Crippen molar-refractivity contribution in [2.75, 3.05) is 6.54 Å². The Bertz CT molecular complexity index is 555. The third-order valence-corrected chi connectivity index (χ3v) is 4.11. The fourth-order valence-electron chi connectivity index (χ4n) is 1.69. The highest BCUT2D eigenvalue weighted by Gasteiger charge is 2.05. The summed E-state index contributed by atoms with van der Waals surface area (Å²) in [6, 6.07) is 9.30. The maximum Gasteiger partial charge on any atom is 0.225 e. The lowest BCUT2D eigenvalue weighted by Crippen LogP contribution is -2.27. The molecule has 0 atom stereocenters. The van der Waals surface area contributed by atoms with Crippen molar-refractivity contribution in [1.29, 1.82) is 0 Å². The molecule has 0 fully saturated rings. The van der Waals surface area contributed by atoms with Crippen LogP contribution < -0.4 is 5.32 Å². The summed E-state index contributed by atoms with van der Waals surface area (Å²) in [7, 11) is 0. The van der Waals surface area contributed by atoms with E-state index in [0.717, 1.165) is 10.4 Å². The Kier molecular flexibility index (Phi) is 5.25. The van der Waals surface area contributed by atoms with E-state index < -0.39 is 0 Å². The number of benzene rings is 1. The monoisotopic (exact) mass is 313 g/mol. The van der Waals surface area contributed by atoms with E-state index in [2.05, 4.69) is 5.32 Å². The summed E-state index contributed by atoms with van der Waals surface area (Å²) in [5, 5.41) is 6.12. The Hall–Kier alpha value is -1.03. The van der Waals surface area contributed by atoms with Crippen LogP contribution in [0.15, 0.2) is 35.7 Å². The zero-order valence-electron chi connectivity index (χ0n) is 10.2. The molecule has 5 heteroatoms. The van der Waals surface area contributed by atoms with Crippen molar-refractivity contribution >= 4 is 40.4 Å². The molecule has 1 aromatic carbocycles. The first-order valence-electron chi connectivity index (χ1n) is 5.88. The molecule has 0 spiro atoms. The van der Waals surface area contributed by atoms with Crippen LogP contribution in [0.3, 0.4) is 0 Å². The molecule has 0 unspecified atom stereocenters. The molecular weight excluding hydrogens is 301 g/mol. The zero-order valence-corrected chi connectivity index (χ0v) is 12.5. The average Bonchev–Trinajstić information content (AvgIpc) is 2.84. The molecule has 1 heterocycles. The molecule has 2 rings (SSSR count). The van der Waals surface area contributed by atoms with Crippen molar-refractivity contribution in [3.05, 3.63) is 56.2 Å². The molecule has 19 heavy (non-hydrogen) atoms. The van der Waals surface area contributed by atoms with Crippen LogP contribution in [0.5, 0.6) is 0 Å². The molecular formula is C14H13Cl2NOS. The number of carbonyl (C=O) groups excluding carboxylic acids is 1. The molecule has 1 amide bonds. The number of nitrogens with one attached hydrogen (secondary N) is 1. The Balaban J connectivity index is 1.78. The van der Waals surface area contributed by atoms with Crippen molar-refractivity contribution in [3.8, 4) is 0 Å². The number of halogens is 2. The number of rotatable bonds is 5. The van der Waals surface area contributed by atoms with Crippen LogP contribution in [0.2, 0.25) is 10.0 Å². The number of hydrogen-bond donors (Lipinski definition) is 1. The lowest BCUT2D eigenvalue weighted by Gasteiger charge is -2.06. The second-order valence-corrected chi connectivity index (χ2v) is 5.97. The molecule has 2 aromatic rings. The predicted octanol–water partition coefficient (Wildman–Crippen LogP) is 3.96. The van der Waals surface area contributed by atoms with Gasteiger partial charge in [0.15, 0.2) is 0 Å². The highest BCUT2D eigenvalue weighted by molar-refractivity contribution is 7.10. The lowest BCUT2D eigenvalue weighted by atomic mass is 10.1. The van der Waals surface area contributed by atoms with Crippen LogP contribution >= 0.6 is 34.5 Å². The first-order valence-corrected chi connectivity index (χ1v) is 7.52. The first kappa shape index (κ1) is 14.4. The Morgan fingerprint density at radius 1 is 1.26 bits per heavy atom. The van der Waals surface area contributed by atoms with Gasteiger partial charge in [-0.25, -0.2) is 0 Å². The minimum Gasteiger partial charge on any atom is -0.355 e. The average molecular weight is 314 g/mol. The van der Waals surface area contributed by atoms with E-state index in [4.69, 9.17) is 23.2 Å². The smallest absolute Gasteiger partial charge is 0.225 e. The summed E-state index contributed by atoms with van der Waals surface area (Å²) in [5.74, 6) is 0.0348. The number of thiophene rings is 1. The van der Waals surface area contributed by atoms with E-state index in [1.54, 1.807) is 23.5 Å². The maximum atomic E-state index is 11.7. The highest BCUT2D eigenvalue weighted by Crippen LogP contribution is 2.21. The molecule has 0 saturated heterocycles. The van der Waals surface area contributed by atoms with Gasteiger partial charge in [-0.1, -0.05) is 35.3 Å². The zero-order chi connectivity index (χ0) is 13.7. The Morgan fingerprint density at radius 2 is 2.11 bits per heavy atom.